The van der Waals surface area contributed by atoms with Crippen LogP contribution in [0, 0.1) is 5.92 Å². The second kappa shape index (κ2) is 8.37. The molecule has 1 aromatic carbocycles. The highest BCUT2D eigenvalue weighted by Gasteiger charge is 2.26. The predicted molar refractivity (Wildman–Crippen MR) is 103 cm³/mol. The Morgan fingerprint density at radius 2 is 1.82 bits per heavy atom. The standard InChI is InChI=1S/C21H24N4O3/c26-20(24-13-15-12-16-6-2-3-7-17(16)28-14-15)18-19(23-9-8-22-18)21(27)25-10-4-1-5-11-25/h2-3,6-9,15H,1,4-5,10-14H2,(H,24,26)/t15-/m1/s1. The Morgan fingerprint density at radius 1 is 1.07 bits per heavy atom. The molecular formula is C21H24N4O3. The number of benzene rings is 1. The van der Waals surface area contributed by atoms with E-state index in [1.807, 2.05) is 24.3 Å². The average Bonchev–Trinajstić information content (AvgIpc) is 2.77. The lowest BCUT2D eigenvalue weighted by Gasteiger charge is -2.27. The molecule has 1 N–H and O–H groups in total. The Morgan fingerprint density at radius 3 is 2.64 bits per heavy atom. The van der Waals surface area contributed by atoms with Crippen molar-refractivity contribution in [3.8, 4) is 5.75 Å². The molecule has 2 amide bonds. The molecule has 2 aromatic rings. The van der Waals surface area contributed by atoms with Gasteiger partial charge in [0.25, 0.3) is 11.8 Å². The van der Waals surface area contributed by atoms with E-state index < -0.39 is 0 Å². The number of carbonyl (C=O) groups is 2. The van der Waals surface area contributed by atoms with E-state index in [0.29, 0.717) is 26.2 Å². The molecule has 2 aliphatic rings. The predicted octanol–water partition coefficient (Wildman–Crippen LogP) is 2.08. The number of hydrogen-bond acceptors (Lipinski definition) is 5. The minimum Gasteiger partial charge on any atom is -0.493 e. The third-order valence-corrected chi connectivity index (χ3v) is 5.27. The van der Waals surface area contributed by atoms with Crippen LogP contribution in [0.5, 0.6) is 5.75 Å². The molecule has 146 valence electrons. The Balaban J connectivity index is 1.41. The topological polar surface area (TPSA) is 84.4 Å². The molecule has 2 aliphatic heterocycles. The summed E-state index contributed by atoms with van der Waals surface area (Å²) in [5.74, 6) is 0.505. The lowest BCUT2D eigenvalue weighted by molar-refractivity contribution is 0.0710. The number of ether oxygens (including phenoxy) is 1. The van der Waals surface area contributed by atoms with Gasteiger partial charge in [-0.2, -0.15) is 0 Å². The van der Waals surface area contributed by atoms with Gasteiger partial charge in [0.1, 0.15) is 5.75 Å². The first kappa shape index (κ1) is 18.4. The van der Waals surface area contributed by atoms with E-state index in [0.717, 1.165) is 37.0 Å². The van der Waals surface area contributed by atoms with E-state index in [9.17, 15) is 9.59 Å². The van der Waals surface area contributed by atoms with Gasteiger partial charge in [-0.25, -0.2) is 9.97 Å². The number of rotatable bonds is 4. The van der Waals surface area contributed by atoms with Gasteiger partial charge in [0.05, 0.1) is 6.61 Å². The molecule has 0 radical (unpaired) electrons. The van der Waals surface area contributed by atoms with Crippen LogP contribution in [-0.2, 0) is 6.42 Å². The first-order valence-corrected chi connectivity index (χ1v) is 9.81. The molecule has 1 aromatic heterocycles. The molecule has 28 heavy (non-hydrogen) atoms. The van der Waals surface area contributed by atoms with Crippen molar-refractivity contribution in [3.63, 3.8) is 0 Å². The number of amides is 2. The molecular weight excluding hydrogens is 356 g/mol. The van der Waals surface area contributed by atoms with Crippen LogP contribution >= 0.6 is 0 Å². The number of fused-ring (bicyclic) bond motifs is 1. The van der Waals surface area contributed by atoms with Crippen molar-refractivity contribution in [2.45, 2.75) is 25.7 Å². The highest BCUT2D eigenvalue weighted by Crippen LogP contribution is 2.26. The Hall–Kier alpha value is -2.96. The van der Waals surface area contributed by atoms with Gasteiger partial charge in [-0.05, 0) is 37.3 Å². The highest BCUT2D eigenvalue weighted by molar-refractivity contribution is 6.04. The van der Waals surface area contributed by atoms with E-state index in [4.69, 9.17) is 4.74 Å². The summed E-state index contributed by atoms with van der Waals surface area (Å²) in [6.45, 7) is 2.42. The zero-order valence-corrected chi connectivity index (χ0v) is 15.8. The SMILES string of the molecule is O=C(NC[C@@H]1COc2ccccc2C1)c1nccnc1C(=O)N1CCCCC1. The maximum Gasteiger partial charge on any atom is 0.274 e. The molecule has 0 bridgehead atoms. The second-order valence-corrected chi connectivity index (χ2v) is 7.31. The molecule has 1 atom stereocenters. The van der Waals surface area contributed by atoms with E-state index in [2.05, 4.69) is 15.3 Å². The fraction of sp³-hybridized carbons (Fsp3) is 0.429. The molecule has 0 saturated carbocycles. The van der Waals surface area contributed by atoms with E-state index in [1.165, 1.54) is 12.4 Å². The molecule has 1 saturated heterocycles. The van der Waals surface area contributed by atoms with Gasteiger partial charge < -0.3 is 15.0 Å². The van der Waals surface area contributed by atoms with E-state index >= 15 is 0 Å². The van der Waals surface area contributed by atoms with E-state index in [1.54, 1.807) is 4.90 Å². The zero-order chi connectivity index (χ0) is 19.3. The van der Waals surface area contributed by atoms with Crippen molar-refractivity contribution in [1.82, 2.24) is 20.2 Å². The van der Waals surface area contributed by atoms with Crippen LogP contribution in [0.4, 0.5) is 0 Å². The highest BCUT2D eigenvalue weighted by atomic mass is 16.5. The number of piperidine rings is 1. The van der Waals surface area contributed by atoms with Crippen LogP contribution in [0.1, 0.15) is 45.8 Å². The summed E-state index contributed by atoms with van der Waals surface area (Å²) in [7, 11) is 0. The number of nitrogens with zero attached hydrogens (tertiary/aromatic N) is 3. The number of para-hydroxylation sites is 1. The molecule has 7 heteroatoms. The molecule has 4 rings (SSSR count). The molecule has 0 aliphatic carbocycles. The average molecular weight is 380 g/mol. The summed E-state index contributed by atoms with van der Waals surface area (Å²) in [6, 6.07) is 7.95. The van der Waals surface area contributed by atoms with Crippen LogP contribution in [0.2, 0.25) is 0 Å². The molecule has 3 heterocycles. The Labute approximate surface area is 164 Å². The summed E-state index contributed by atoms with van der Waals surface area (Å²) >= 11 is 0. The minimum atomic E-state index is -0.368. The quantitative estimate of drug-likeness (QED) is 0.878. The van der Waals surface area contributed by atoms with Crippen LogP contribution in [0.3, 0.4) is 0 Å². The Bertz CT molecular complexity index is 864. The normalized spacial score (nSPS) is 18.7. The molecule has 0 unspecified atom stereocenters. The first-order chi connectivity index (χ1) is 13.7. The van der Waals surface area contributed by atoms with Crippen LogP contribution in [0.25, 0.3) is 0 Å². The van der Waals surface area contributed by atoms with E-state index in [-0.39, 0.29) is 29.1 Å². The smallest absolute Gasteiger partial charge is 0.274 e. The van der Waals surface area contributed by atoms with Crippen molar-refractivity contribution < 1.29 is 14.3 Å². The van der Waals surface area contributed by atoms with Crippen LogP contribution < -0.4 is 10.1 Å². The van der Waals surface area contributed by atoms with Gasteiger partial charge in [-0.3, -0.25) is 9.59 Å². The van der Waals surface area contributed by atoms with Crippen molar-refractivity contribution in [3.05, 3.63) is 53.6 Å². The fourth-order valence-corrected chi connectivity index (χ4v) is 3.75. The summed E-state index contributed by atoms with van der Waals surface area (Å²) in [6.07, 6.45) is 6.84. The van der Waals surface area contributed by atoms with Gasteiger partial charge in [-0.1, -0.05) is 18.2 Å². The van der Waals surface area contributed by atoms with Gasteiger partial charge in [0.2, 0.25) is 0 Å². The number of aromatic nitrogens is 2. The van der Waals surface area contributed by atoms with Crippen molar-refractivity contribution in [1.29, 1.82) is 0 Å². The maximum absolute atomic E-state index is 12.8. The summed E-state index contributed by atoms with van der Waals surface area (Å²) in [4.78, 5) is 35.6. The largest absolute Gasteiger partial charge is 0.493 e. The summed E-state index contributed by atoms with van der Waals surface area (Å²) in [5, 5.41) is 2.91. The Kier molecular flexibility index (Phi) is 5.50. The molecule has 0 spiro atoms. The second-order valence-electron chi connectivity index (χ2n) is 7.31. The first-order valence-electron chi connectivity index (χ1n) is 9.81. The van der Waals surface area contributed by atoms with Crippen LogP contribution in [0.15, 0.2) is 36.7 Å². The number of carbonyl (C=O) groups excluding carboxylic acids is 2. The van der Waals surface area contributed by atoms with Gasteiger partial charge in [0, 0.05) is 37.9 Å². The number of likely N-dealkylation sites (tertiary alicyclic amines) is 1. The monoisotopic (exact) mass is 380 g/mol. The molecule has 7 nitrogen and oxygen atoms in total. The van der Waals surface area contributed by atoms with Crippen molar-refractivity contribution in [2.24, 2.45) is 5.92 Å². The van der Waals surface area contributed by atoms with Crippen molar-refractivity contribution >= 4 is 11.8 Å². The third-order valence-electron chi connectivity index (χ3n) is 5.27. The third kappa shape index (κ3) is 3.98. The minimum absolute atomic E-state index is 0.0928. The van der Waals surface area contributed by atoms with Crippen molar-refractivity contribution in [2.75, 3.05) is 26.2 Å². The summed E-state index contributed by atoms with van der Waals surface area (Å²) in [5.41, 5.74) is 1.37. The lowest BCUT2D eigenvalue weighted by Crippen LogP contribution is -2.39. The zero-order valence-electron chi connectivity index (χ0n) is 15.8. The summed E-state index contributed by atoms with van der Waals surface area (Å²) < 4.78 is 5.78. The number of nitrogens with one attached hydrogen (secondary N) is 1. The van der Waals surface area contributed by atoms with Gasteiger partial charge in [-0.15, -0.1) is 0 Å². The van der Waals surface area contributed by atoms with Crippen LogP contribution in [-0.4, -0.2) is 52.9 Å². The lowest BCUT2D eigenvalue weighted by atomic mass is 9.97. The maximum atomic E-state index is 12.8. The van der Waals surface area contributed by atoms with Gasteiger partial charge in [0.15, 0.2) is 11.4 Å². The van der Waals surface area contributed by atoms with Gasteiger partial charge >= 0.3 is 0 Å². The molecule has 1 fully saturated rings. The fourth-order valence-electron chi connectivity index (χ4n) is 3.75. The number of hydrogen-bond donors (Lipinski definition) is 1.